The highest BCUT2D eigenvalue weighted by molar-refractivity contribution is 5.69. The molecule has 0 unspecified atom stereocenters. The van der Waals surface area contributed by atoms with Crippen molar-refractivity contribution in [3.8, 4) is 0 Å². The average Bonchev–Trinajstić information content (AvgIpc) is 2.90. The smallest absolute Gasteiger partial charge is 0.303 e. The van der Waals surface area contributed by atoms with Gasteiger partial charge in [-0.05, 0) is 0 Å². The fraction of sp³-hybridized carbons (Fsp3) is 0.741. The molecule has 0 aromatic rings. The van der Waals surface area contributed by atoms with Crippen LogP contribution in [0.25, 0.3) is 0 Å². The fourth-order valence-corrected chi connectivity index (χ4v) is 4.66. The summed E-state index contributed by atoms with van der Waals surface area (Å²) < 4.78 is 60.6. The number of methoxy groups -OCH3 is 1. The van der Waals surface area contributed by atoms with Crippen molar-refractivity contribution in [2.24, 2.45) is 0 Å². The van der Waals surface area contributed by atoms with Crippen LogP contribution in [0, 0.1) is 0 Å². The van der Waals surface area contributed by atoms with E-state index >= 15 is 0 Å². The average molecular weight is 651 g/mol. The Bertz CT molecular complexity index is 1110. The Labute approximate surface area is 258 Å². The van der Waals surface area contributed by atoms with Crippen molar-refractivity contribution < 1.29 is 85.7 Å². The highest BCUT2D eigenvalue weighted by Gasteiger charge is 2.57. The molecule has 2 aliphatic heterocycles. The third-order valence-corrected chi connectivity index (χ3v) is 6.12. The van der Waals surface area contributed by atoms with Crippen LogP contribution in [-0.4, -0.2) is 124 Å². The molecule has 0 aliphatic carbocycles. The van der Waals surface area contributed by atoms with Crippen LogP contribution in [0.15, 0.2) is 0 Å². The maximum Gasteiger partial charge on any atom is 0.303 e. The normalized spacial score (nSPS) is 31.0. The molecule has 2 fully saturated rings. The van der Waals surface area contributed by atoms with Gasteiger partial charge in [0.15, 0.2) is 49.2 Å². The maximum atomic E-state index is 12.2. The van der Waals surface area contributed by atoms with E-state index < -0.39 is 116 Å². The third kappa shape index (κ3) is 11.2. The lowest BCUT2D eigenvalue weighted by molar-refractivity contribution is -0.366. The molecule has 0 N–H and O–H groups in total. The minimum Gasteiger partial charge on any atom is -0.463 e. The summed E-state index contributed by atoms with van der Waals surface area (Å²) in [6.07, 6.45) is -14.9. The van der Waals surface area contributed by atoms with Crippen LogP contribution >= 0.6 is 0 Å². The molecule has 0 bridgehead atoms. The van der Waals surface area contributed by atoms with Gasteiger partial charge < -0.3 is 52.1 Å². The van der Waals surface area contributed by atoms with Crippen molar-refractivity contribution in [1.82, 2.24) is 0 Å². The zero-order valence-corrected chi connectivity index (χ0v) is 26.0. The minimum atomic E-state index is -1.74. The van der Waals surface area contributed by atoms with E-state index in [1.54, 1.807) is 0 Å². The van der Waals surface area contributed by atoms with Gasteiger partial charge >= 0.3 is 41.8 Å². The van der Waals surface area contributed by atoms with Crippen molar-refractivity contribution in [3.63, 3.8) is 0 Å². The standard InChI is InChI=1S/C27H38O18/c1-11(28)36-9-18-20(38-13(3)30)22(40-15(5)32)24(26(35-8)43-18)45-27-25(42-17(7)34)23(41-16(6)33)21(39-14(4)31)19(44-27)10-37-12(2)29/h18-27H,9-10H2,1-8H3/t18-,19+,20-,21-,22+,23+,24-,25-,26+,27+/m1/s1. The third-order valence-electron chi connectivity index (χ3n) is 6.12. The predicted octanol–water partition coefficient (Wildman–Crippen LogP) is -0.747. The summed E-state index contributed by atoms with van der Waals surface area (Å²) in [5.74, 6) is -5.71. The summed E-state index contributed by atoms with van der Waals surface area (Å²) in [7, 11) is 1.20. The first kappa shape index (κ1) is 37.3. The second kappa shape index (κ2) is 17.0. The van der Waals surface area contributed by atoms with E-state index in [1.807, 2.05) is 0 Å². The first-order valence-electron chi connectivity index (χ1n) is 13.7. The quantitative estimate of drug-likeness (QED) is 0.187. The molecule has 45 heavy (non-hydrogen) atoms. The van der Waals surface area contributed by atoms with E-state index in [-0.39, 0.29) is 0 Å². The van der Waals surface area contributed by atoms with Crippen molar-refractivity contribution in [3.05, 3.63) is 0 Å². The first-order valence-corrected chi connectivity index (χ1v) is 13.7. The lowest BCUT2D eigenvalue weighted by Crippen LogP contribution is -2.67. The number of hydrogen-bond acceptors (Lipinski definition) is 18. The van der Waals surface area contributed by atoms with Crippen LogP contribution in [0.3, 0.4) is 0 Å². The predicted molar refractivity (Wildman–Crippen MR) is 140 cm³/mol. The minimum absolute atomic E-state index is 0.448. The Kier molecular flexibility index (Phi) is 14.1. The zero-order valence-electron chi connectivity index (χ0n) is 26.0. The van der Waals surface area contributed by atoms with Gasteiger partial charge in [0, 0.05) is 55.6 Å². The van der Waals surface area contributed by atoms with Crippen molar-refractivity contribution in [2.45, 2.75) is 110 Å². The van der Waals surface area contributed by atoms with Gasteiger partial charge in [0.05, 0.1) is 0 Å². The topological polar surface area (TPSA) is 221 Å². The lowest BCUT2D eigenvalue weighted by atomic mass is 9.96. The molecule has 2 heterocycles. The number of carbonyl (C=O) groups is 7. The van der Waals surface area contributed by atoms with Crippen molar-refractivity contribution >= 4 is 41.8 Å². The van der Waals surface area contributed by atoms with E-state index in [0.29, 0.717) is 0 Å². The molecule has 2 rings (SSSR count). The Morgan fingerprint density at radius 2 is 0.778 bits per heavy atom. The molecule has 254 valence electrons. The summed E-state index contributed by atoms with van der Waals surface area (Å²) in [6, 6.07) is 0. The van der Waals surface area contributed by atoms with Gasteiger partial charge in [0.2, 0.25) is 0 Å². The summed E-state index contributed by atoms with van der Waals surface area (Å²) in [5, 5.41) is 0. The first-order chi connectivity index (χ1) is 21.0. The number of rotatable bonds is 12. The van der Waals surface area contributed by atoms with Gasteiger partial charge in [-0.1, -0.05) is 0 Å². The number of hydrogen-bond donors (Lipinski definition) is 0. The van der Waals surface area contributed by atoms with Gasteiger partial charge in [-0.25, -0.2) is 0 Å². The van der Waals surface area contributed by atoms with Gasteiger partial charge in [-0.2, -0.15) is 0 Å². The largest absolute Gasteiger partial charge is 0.463 e. The molecule has 2 aliphatic rings. The Hall–Kier alpha value is -3.87. The van der Waals surface area contributed by atoms with Crippen molar-refractivity contribution in [2.75, 3.05) is 20.3 Å². The molecule has 0 saturated carbocycles. The summed E-state index contributed by atoms with van der Waals surface area (Å²) in [5.41, 5.74) is 0. The molecule has 0 aromatic heterocycles. The van der Waals surface area contributed by atoms with Gasteiger partial charge in [-0.3, -0.25) is 33.6 Å². The second-order valence-electron chi connectivity index (χ2n) is 9.90. The van der Waals surface area contributed by atoms with E-state index in [0.717, 1.165) is 48.5 Å². The molecular formula is C27H38O18. The van der Waals surface area contributed by atoms with Crippen LogP contribution < -0.4 is 0 Å². The van der Waals surface area contributed by atoms with E-state index in [1.165, 1.54) is 7.11 Å². The lowest BCUT2D eigenvalue weighted by Gasteiger charge is -2.48. The number of ether oxygens (including phenoxy) is 11. The molecule has 18 nitrogen and oxygen atoms in total. The summed E-state index contributed by atoms with van der Waals surface area (Å²) >= 11 is 0. The maximum absolute atomic E-state index is 12.2. The van der Waals surface area contributed by atoms with Crippen LogP contribution in [0.2, 0.25) is 0 Å². The molecule has 10 atom stereocenters. The highest BCUT2D eigenvalue weighted by atomic mass is 16.8. The molecular weight excluding hydrogens is 612 g/mol. The van der Waals surface area contributed by atoms with E-state index in [9.17, 15) is 33.6 Å². The van der Waals surface area contributed by atoms with Crippen LogP contribution in [-0.2, 0) is 85.7 Å². The number of esters is 7. The van der Waals surface area contributed by atoms with Crippen LogP contribution in [0.4, 0.5) is 0 Å². The van der Waals surface area contributed by atoms with Crippen molar-refractivity contribution in [1.29, 1.82) is 0 Å². The molecule has 0 radical (unpaired) electrons. The zero-order chi connectivity index (χ0) is 34.0. The molecule has 0 aromatic carbocycles. The summed E-state index contributed by atoms with van der Waals surface area (Å²) in [6.45, 7) is 6.53. The fourth-order valence-electron chi connectivity index (χ4n) is 4.66. The van der Waals surface area contributed by atoms with E-state index in [4.69, 9.17) is 52.1 Å². The van der Waals surface area contributed by atoms with Crippen LogP contribution in [0.5, 0.6) is 0 Å². The Morgan fingerprint density at radius 3 is 1.13 bits per heavy atom. The van der Waals surface area contributed by atoms with Gasteiger partial charge in [0.1, 0.15) is 25.4 Å². The highest BCUT2D eigenvalue weighted by Crippen LogP contribution is 2.35. The molecule has 0 amide bonds. The SMILES string of the molecule is CO[C@H]1O[C@H](COC(C)=O)[C@@H](OC(C)=O)[C@H](OC(C)=O)[C@H]1O[C@@H]1O[C@@H](COC(C)=O)[C@@H](OC(C)=O)[C@H](OC(C)=O)[C@H]1OC(C)=O. The molecule has 2 saturated heterocycles. The Morgan fingerprint density at radius 1 is 0.444 bits per heavy atom. The van der Waals surface area contributed by atoms with E-state index in [2.05, 4.69) is 0 Å². The van der Waals surface area contributed by atoms with Gasteiger partial charge in [-0.15, -0.1) is 0 Å². The summed E-state index contributed by atoms with van der Waals surface area (Å²) in [4.78, 5) is 83.8. The molecule has 18 heteroatoms. The molecule has 0 spiro atoms. The van der Waals surface area contributed by atoms with Gasteiger partial charge in [0.25, 0.3) is 0 Å². The van der Waals surface area contributed by atoms with Crippen LogP contribution in [0.1, 0.15) is 48.5 Å². The number of carbonyl (C=O) groups excluding carboxylic acids is 7. The second-order valence-corrected chi connectivity index (χ2v) is 9.90. The Balaban J connectivity index is 2.64. The monoisotopic (exact) mass is 650 g/mol.